The summed E-state index contributed by atoms with van der Waals surface area (Å²) in [7, 11) is 0. The van der Waals surface area contributed by atoms with Crippen LogP contribution in [-0.4, -0.2) is 15.8 Å². The molecule has 3 aromatic rings. The van der Waals surface area contributed by atoms with Gasteiger partial charge in [-0.1, -0.05) is 48.0 Å². The van der Waals surface area contributed by atoms with Crippen molar-refractivity contribution < 1.29 is 4.79 Å². The Balaban J connectivity index is 1.73. The Morgan fingerprint density at radius 2 is 1.97 bits per heavy atom. The van der Waals surface area contributed by atoms with E-state index in [0.29, 0.717) is 11.3 Å². The molecule has 0 spiro atoms. The van der Waals surface area contributed by atoms with Gasteiger partial charge in [0, 0.05) is 28.1 Å². The average molecular weight is 421 g/mol. The molecule has 144 valence electrons. The van der Waals surface area contributed by atoms with Gasteiger partial charge in [-0.3, -0.25) is 4.79 Å². The van der Waals surface area contributed by atoms with Gasteiger partial charge in [-0.05, 0) is 36.8 Å². The van der Waals surface area contributed by atoms with Crippen LogP contribution in [0.25, 0.3) is 0 Å². The average Bonchev–Trinajstić information content (AvgIpc) is 2.73. The van der Waals surface area contributed by atoms with E-state index in [-0.39, 0.29) is 22.5 Å². The molecule has 0 fully saturated rings. The number of carbonyl (C=O) groups is 1. The lowest BCUT2D eigenvalue weighted by Crippen LogP contribution is -2.06. The van der Waals surface area contributed by atoms with E-state index in [2.05, 4.69) is 15.3 Å². The molecule has 0 amide bonds. The first kappa shape index (κ1) is 20.6. The van der Waals surface area contributed by atoms with Gasteiger partial charge in [-0.25, -0.2) is 9.97 Å². The van der Waals surface area contributed by atoms with Crippen LogP contribution in [0.3, 0.4) is 0 Å². The number of ketones is 1. The number of benzene rings is 2. The summed E-state index contributed by atoms with van der Waals surface area (Å²) >= 11 is 7.59. The van der Waals surface area contributed by atoms with Crippen LogP contribution in [0, 0.1) is 18.3 Å². The number of allylic oxidation sites excluding steroid dienone is 1. The van der Waals surface area contributed by atoms with Crippen LogP contribution in [-0.2, 0) is 5.75 Å². The van der Waals surface area contributed by atoms with Crippen molar-refractivity contribution in [1.29, 1.82) is 5.26 Å². The Morgan fingerprint density at radius 1 is 1.17 bits per heavy atom. The van der Waals surface area contributed by atoms with Gasteiger partial charge in [0.25, 0.3) is 0 Å². The van der Waals surface area contributed by atoms with Gasteiger partial charge in [-0.2, -0.15) is 5.26 Å². The summed E-state index contributed by atoms with van der Waals surface area (Å²) in [6.07, 6.45) is 1.30. The van der Waals surface area contributed by atoms with Crippen molar-refractivity contribution in [2.45, 2.75) is 17.6 Å². The third-order valence-corrected chi connectivity index (χ3v) is 5.15. The van der Waals surface area contributed by atoms with E-state index < -0.39 is 0 Å². The molecular formula is C22H17ClN4OS. The normalized spacial score (nSPS) is 11.0. The van der Waals surface area contributed by atoms with Crippen LogP contribution in [0.2, 0.25) is 5.15 Å². The summed E-state index contributed by atoms with van der Waals surface area (Å²) in [6, 6.07) is 20.9. The van der Waals surface area contributed by atoms with Crippen molar-refractivity contribution >= 4 is 35.1 Å². The monoisotopic (exact) mass is 420 g/mol. The molecule has 0 unspecified atom stereocenters. The highest BCUT2D eigenvalue weighted by Gasteiger charge is 2.13. The minimum Gasteiger partial charge on any atom is -0.329 e. The number of nitriles is 1. The van der Waals surface area contributed by atoms with Crippen molar-refractivity contribution in [2.75, 3.05) is 5.32 Å². The first-order valence-electron chi connectivity index (χ1n) is 8.74. The molecule has 1 N–H and O–H groups in total. The Kier molecular flexibility index (Phi) is 7.01. The maximum absolute atomic E-state index is 12.8. The second kappa shape index (κ2) is 9.87. The molecular weight excluding hydrogens is 404 g/mol. The fraction of sp³-hybridized carbons (Fsp3) is 0.0909. The number of aryl methyl sites for hydroxylation is 1. The fourth-order valence-electron chi connectivity index (χ4n) is 2.52. The van der Waals surface area contributed by atoms with Crippen LogP contribution in [0.1, 0.15) is 21.6 Å². The van der Waals surface area contributed by atoms with E-state index in [1.807, 2.05) is 54.6 Å². The lowest BCUT2D eigenvalue weighted by molar-refractivity contribution is 0.103. The zero-order valence-electron chi connectivity index (χ0n) is 15.6. The molecule has 29 heavy (non-hydrogen) atoms. The second-order valence-electron chi connectivity index (χ2n) is 6.10. The standard InChI is InChI=1S/C22H17ClN4OS/c1-15-10-20(23)27-22(26-15)25-13-18(12-24)21(28)17-7-5-6-16(11-17)14-29-19-8-3-2-4-9-19/h2-11,13H,14H2,1H3,(H,25,26,27)/b18-13+. The number of aromatic nitrogens is 2. The molecule has 5 nitrogen and oxygen atoms in total. The van der Waals surface area contributed by atoms with Gasteiger partial charge in [-0.15, -0.1) is 11.8 Å². The molecule has 0 aliphatic rings. The van der Waals surface area contributed by atoms with Crippen LogP contribution in [0.5, 0.6) is 0 Å². The van der Waals surface area contributed by atoms with Crippen molar-refractivity contribution in [3.05, 3.63) is 94.4 Å². The highest BCUT2D eigenvalue weighted by molar-refractivity contribution is 7.98. The number of hydrogen-bond donors (Lipinski definition) is 1. The summed E-state index contributed by atoms with van der Waals surface area (Å²) in [4.78, 5) is 22.1. The molecule has 0 radical (unpaired) electrons. The quantitative estimate of drug-likeness (QED) is 0.180. The Labute approximate surface area is 178 Å². The number of nitrogens with zero attached hydrogens (tertiary/aromatic N) is 3. The molecule has 0 atom stereocenters. The number of carbonyl (C=O) groups excluding carboxylic acids is 1. The Hall–Kier alpha value is -3.14. The van der Waals surface area contributed by atoms with Crippen LogP contribution < -0.4 is 5.32 Å². The topological polar surface area (TPSA) is 78.7 Å². The van der Waals surface area contributed by atoms with E-state index in [9.17, 15) is 10.1 Å². The van der Waals surface area contributed by atoms with Gasteiger partial charge in [0.1, 0.15) is 16.8 Å². The van der Waals surface area contributed by atoms with E-state index in [4.69, 9.17) is 11.6 Å². The summed E-state index contributed by atoms with van der Waals surface area (Å²) in [6.45, 7) is 1.78. The number of thioether (sulfide) groups is 1. The van der Waals surface area contributed by atoms with Crippen LogP contribution in [0.4, 0.5) is 5.95 Å². The molecule has 0 bridgehead atoms. The predicted octanol–water partition coefficient (Wildman–Crippen LogP) is 5.43. The molecule has 0 saturated heterocycles. The number of halogens is 1. The molecule has 2 aromatic carbocycles. The largest absolute Gasteiger partial charge is 0.329 e. The second-order valence-corrected chi connectivity index (χ2v) is 7.54. The summed E-state index contributed by atoms with van der Waals surface area (Å²) in [5, 5.41) is 12.5. The number of rotatable bonds is 7. The zero-order chi connectivity index (χ0) is 20.6. The third-order valence-electron chi connectivity index (χ3n) is 3.87. The van der Waals surface area contributed by atoms with Gasteiger partial charge in [0.15, 0.2) is 0 Å². The molecule has 7 heteroatoms. The molecule has 1 heterocycles. The molecule has 1 aromatic heterocycles. The van der Waals surface area contributed by atoms with E-state index >= 15 is 0 Å². The number of anilines is 1. The first-order valence-corrected chi connectivity index (χ1v) is 10.1. The van der Waals surface area contributed by atoms with E-state index in [0.717, 1.165) is 16.2 Å². The fourth-order valence-corrected chi connectivity index (χ4v) is 3.62. The number of hydrogen-bond acceptors (Lipinski definition) is 6. The van der Waals surface area contributed by atoms with Crippen molar-refractivity contribution in [1.82, 2.24) is 9.97 Å². The lowest BCUT2D eigenvalue weighted by Gasteiger charge is -2.06. The minimum atomic E-state index is -0.370. The van der Waals surface area contributed by atoms with Gasteiger partial charge >= 0.3 is 0 Å². The van der Waals surface area contributed by atoms with Gasteiger partial charge < -0.3 is 5.32 Å². The lowest BCUT2D eigenvalue weighted by atomic mass is 10.0. The molecule has 0 aliphatic heterocycles. The highest BCUT2D eigenvalue weighted by atomic mass is 35.5. The van der Waals surface area contributed by atoms with Crippen LogP contribution in [0.15, 0.2) is 77.3 Å². The van der Waals surface area contributed by atoms with Gasteiger partial charge in [0.2, 0.25) is 11.7 Å². The first-order chi connectivity index (χ1) is 14.0. The minimum absolute atomic E-state index is 0.0425. The Morgan fingerprint density at radius 3 is 2.69 bits per heavy atom. The van der Waals surface area contributed by atoms with Crippen molar-refractivity contribution in [2.24, 2.45) is 0 Å². The van der Waals surface area contributed by atoms with Crippen molar-refractivity contribution in [3.8, 4) is 6.07 Å². The number of Topliss-reactive ketones (excluding diaryl/α,β-unsaturated/α-hetero) is 1. The van der Waals surface area contributed by atoms with Gasteiger partial charge in [0.05, 0.1) is 0 Å². The number of nitrogens with one attached hydrogen (secondary N) is 1. The summed E-state index contributed by atoms with van der Waals surface area (Å²) < 4.78 is 0. The Bertz CT molecular complexity index is 1070. The molecule has 0 aliphatic carbocycles. The predicted molar refractivity (Wildman–Crippen MR) is 116 cm³/mol. The van der Waals surface area contributed by atoms with Crippen LogP contribution >= 0.6 is 23.4 Å². The van der Waals surface area contributed by atoms with E-state index in [1.165, 1.54) is 6.20 Å². The highest BCUT2D eigenvalue weighted by Crippen LogP contribution is 2.23. The maximum atomic E-state index is 12.8. The zero-order valence-corrected chi connectivity index (χ0v) is 17.2. The summed E-state index contributed by atoms with van der Waals surface area (Å²) in [5.74, 6) is 0.582. The summed E-state index contributed by atoms with van der Waals surface area (Å²) in [5.41, 5.74) is 2.09. The SMILES string of the molecule is Cc1cc(Cl)nc(N/C=C(\C#N)C(=O)c2cccc(CSc3ccccc3)c2)n1. The molecule has 0 saturated carbocycles. The molecule has 3 rings (SSSR count). The van der Waals surface area contributed by atoms with E-state index in [1.54, 1.807) is 30.8 Å². The maximum Gasteiger partial charge on any atom is 0.228 e. The van der Waals surface area contributed by atoms with Crippen molar-refractivity contribution in [3.63, 3.8) is 0 Å². The third kappa shape index (κ3) is 5.92. The smallest absolute Gasteiger partial charge is 0.228 e.